The molecular formula is C15H20N2O2. The number of carboxylic acid groups (broad SMARTS) is 1. The highest BCUT2D eigenvalue weighted by atomic mass is 16.4. The van der Waals surface area contributed by atoms with Crippen LogP contribution >= 0.6 is 0 Å². The van der Waals surface area contributed by atoms with Crippen LogP contribution in [-0.2, 0) is 4.79 Å². The molecule has 0 saturated carbocycles. The Kier molecular flexibility index (Phi) is 4.22. The van der Waals surface area contributed by atoms with Crippen molar-refractivity contribution in [3.63, 3.8) is 0 Å². The summed E-state index contributed by atoms with van der Waals surface area (Å²) >= 11 is 0. The molecule has 0 aliphatic carbocycles. The molecule has 0 bridgehead atoms. The third kappa shape index (κ3) is 3.15. The average Bonchev–Trinajstić information content (AvgIpc) is 2.77. The first-order valence-electron chi connectivity index (χ1n) is 6.61. The highest BCUT2D eigenvalue weighted by Crippen LogP contribution is 2.24. The number of rotatable bonds is 6. The number of nitrogens with one attached hydrogen (secondary N) is 2. The summed E-state index contributed by atoms with van der Waals surface area (Å²) in [5.74, 6) is -0.279. The molecule has 2 aromatic rings. The van der Waals surface area contributed by atoms with Crippen LogP contribution in [-0.4, -0.2) is 22.6 Å². The van der Waals surface area contributed by atoms with Gasteiger partial charge in [-0.3, -0.25) is 4.79 Å². The molecule has 0 spiro atoms. The highest BCUT2D eigenvalue weighted by Gasteiger charge is 2.22. The number of fused-ring (bicyclic) bond motifs is 1. The molecule has 1 unspecified atom stereocenters. The van der Waals surface area contributed by atoms with Gasteiger partial charge < -0.3 is 15.4 Å². The summed E-state index contributed by atoms with van der Waals surface area (Å²) in [7, 11) is 0. The van der Waals surface area contributed by atoms with Crippen LogP contribution in [0, 0.1) is 5.92 Å². The van der Waals surface area contributed by atoms with Gasteiger partial charge in [-0.2, -0.15) is 0 Å². The second kappa shape index (κ2) is 5.89. The molecular weight excluding hydrogens is 240 g/mol. The number of aliphatic carboxylic acids is 1. The van der Waals surface area contributed by atoms with Crippen molar-refractivity contribution in [3.05, 3.63) is 36.0 Å². The van der Waals surface area contributed by atoms with Crippen molar-refractivity contribution in [2.45, 2.75) is 26.3 Å². The van der Waals surface area contributed by atoms with Gasteiger partial charge in [0.2, 0.25) is 0 Å². The zero-order valence-electron chi connectivity index (χ0n) is 11.3. The molecule has 19 heavy (non-hydrogen) atoms. The second-order valence-corrected chi connectivity index (χ2v) is 5.20. The van der Waals surface area contributed by atoms with E-state index >= 15 is 0 Å². The lowest BCUT2D eigenvalue weighted by molar-refractivity contribution is -0.139. The number of para-hydroxylation sites is 1. The topological polar surface area (TPSA) is 65.1 Å². The monoisotopic (exact) mass is 260 g/mol. The largest absolute Gasteiger partial charge is 0.480 e. The summed E-state index contributed by atoms with van der Waals surface area (Å²) in [6.07, 6.45) is 2.75. The molecule has 4 heteroatoms. The number of carbonyl (C=O) groups is 1. The Bertz CT molecular complexity index is 560. The van der Waals surface area contributed by atoms with Crippen LogP contribution in [0.1, 0.15) is 31.9 Å². The number of aromatic nitrogens is 1. The molecule has 0 fully saturated rings. The van der Waals surface area contributed by atoms with Crippen molar-refractivity contribution < 1.29 is 9.90 Å². The minimum Gasteiger partial charge on any atom is -0.480 e. The maximum Gasteiger partial charge on any atom is 0.325 e. The Balaban J connectivity index is 2.21. The Morgan fingerprint density at radius 1 is 1.37 bits per heavy atom. The smallest absolute Gasteiger partial charge is 0.325 e. The van der Waals surface area contributed by atoms with E-state index in [9.17, 15) is 9.90 Å². The number of H-pyrrole nitrogens is 1. The molecule has 102 valence electrons. The van der Waals surface area contributed by atoms with Crippen LogP contribution in [0.3, 0.4) is 0 Å². The summed E-state index contributed by atoms with van der Waals surface area (Å²) < 4.78 is 0. The van der Waals surface area contributed by atoms with Crippen molar-refractivity contribution in [3.8, 4) is 0 Å². The van der Waals surface area contributed by atoms with Gasteiger partial charge in [0.15, 0.2) is 0 Å². The predicted molar refractivity (Wildman–Crippen MR) is 76.1 cm³/mol. The minimum atomic E-state index is -0.839. The van der Waals surface area contributed by atoms with Crippen molar-refractivity contribution in [1.82, 2.24) is 10.3 Å². The summed E-state index contributed by atoms with van der Waals surface area (Å²) in [6, 6.07) is 7.10. The quantitative estimate of drug-likeness (QED) is 0.748. The summed E-state index contributed by atoms with van der Waals surface area (Å²) in [4.78, 5) is 14.6. The molecule has 0 aliphatic heterocycles. The molecule has 1 heterocycles. The zero-order valence-corrected chi connectivity index (χ0v) is 11.3. The van der Waals surface area contributed by atoms with Crippen LogP contribution in [0.2, 0.25) is 0 Å². The Labute approximate surface area is 112 Å². The molecule has 0 aliphatic rings. The lowest BCUT2D eigenvalue weighted by Gasteiger charge is -2.15. The van der Waals surface area contributed by atoms with Gasteiger partial charge in [0.05, 0.1) is 0 Å². The van der Waals surface area contributed by atoms with Gasteiger partial charge in [-0.15, -0.1) is 0 Å². The molecule has 0 amide bonds. The fourth-order valence-electron chi connectivity index (χ4n) is 2.18. The van der Waals surface area contributed by atoms with E-state index in [2.05, 4.69) is 24.1 Å². The third-order valence-corrected chi connectivity index (χ3v) is 3.25. The SMILES string of the molecule is CC(C)CCNC(C(=O)O)c1c[nH]c2ccccc12. The van der Waals surface area contributed by atoms with Crippen LogP contribution < -0.4 is 5.32 Å². The number of hydrogen-bond acceptors (Lipinski definition) is 2. The van der Waals surface area contributed by atoms with Crippen LogP contribution in [0.4, 0.5) is 0 Å². The van der Waals surface area contributed by atoms with E-state index in [1.807, 2.05) is 24.3 Å². The predicted octanol–water partition coefficient (Wildman–Crippen LogP) is 2.93. The molecule has 0 saturated heterocycles. The van der Waals surface area contributed by atoms with Crippen molar-refractivity contribution >= 4 is 16.9 Å². The van der Waals surface area contributed by atoms with Crippen molar-refractivity contribution in [2.24, 2.45) is 5.92 Å². The van der Waals surface area contributed by atoms with Crippen LogP contribution in [0.5, 0.6) is 0 Å². The van der Waals surface area contributed by atoms with E-state index in [0.29, 0.717) is 12.5 Å². The van der Waals surface area contributed by atoms with Gasteiger partial charge in [-0.1, -0.05) is 32.0 Å². The third-order valence-electron chi connectivity index (χ3n) is 3.25. The zero-order chi connectivity index (χ0) is 13.8. The fourth-order valence-corrected chi connectivity index (χ4v) is 2.18. The first-order valence-corrected chi connectivity index (χ1v) is 6.61. The van der Waals surface area contributed by atoms with E-state index < -0.39 is 12.0 Å². The summed E-state index contributed by atoms with van der Waals surface area (Å²) in [5, 5.41) is 13.5. The van der Waals surface area contributed by atoms with E-state index in [-0.39, 0.29) is 0 Å². The normalized spacial score (nSPS) is 13.0. The first-order chi connectivity index (χ1) is 9.09. The maximum absolute atomic E-state index is 11.4. The van der Waals surface area contributed by atoms with Gasteiger partial charge in [0.25, 0.3) is 0 Å². The molecule has 4 nitrogen and oxygen atoms in total. The lowest BCUT2D eigenvalue weighted by atomic mass is 10.0. The average molecular weight is 260 g/mol. The number of aromatic amines is 1. The molecule has 1 atom stereocenters. The van der Waals surface area contributed by atoms with Crippen molar-refractivity contribution in [1.29, 1.82) is 0 Å². The Hall–Kier alpha value is -1.81. The molecule has 0 radical (unpaired) electrons. The number of benzene rings is 1. The van der Waals surface area contributed by atoms with Gasteiger partial charge in [-0.25, -0.2) is 0 Å². The molecule has 1 aromatic carbocycles. The lowest BCUT2D eigenvalue weighted by Crippen LogP contribution is -2.29. The molecule has 1 aromatic heterocycles. The Morgan fingerprint density at radius 2 is 2.11 bits per heavy atom. The molecule has 2 rings (SSSR count). The summed E-state index contributed by atoms with van der Waals surface area (Å²) in [6.45, 7) is 4.96. The van der Waals surface area contributed by atoms with Gasteiger partial charge in [-0.05, 0) is 24.9 Å². The number of hydrogen-bond donors (Lipinski definition) is 3. The van der Waals surface area contributed by atoms with Gasteiger partial charge in [0.1, 0.15) is 6.04 Å². The van der Waals surface area contributed by atoms with E-state index in [1.165, 1.54) is 0 Å². The van der Waals surface area contributed by atoms with Crippen LogP contribution in [0.25, 0.3) is 10.9 Å². The number of carboxylic acids is 1. The highest BCUT2D eigenvalue weighted by molar-refractivity contribution is 5.89. The van der Waals surface area contributed by atoms with Gasteiger partial charge >= 0.3 is 5.97 Å². The fraction of sp³-hybridized carbons (Fsp3) is 0.400. The second-order valence-electron chi connectivity index (χ2n) is 5.20. The standard InChI is InChI=1S/C15H20N2O2/c1-10(2)7-8-16-14(15(18)19)12-9-17-13-6-4-3-5-11(12)13/h3-6,9-10,14,16-17H,7-8H2,1-2H3,(H,18,19). The van der Waals surface area contributed by atoms with Gasteiger partial charge in [0, 0.05) is 22.7 Å². The van der Waals surface area contributed by atoms with E-state index in [4.69, 9.17) is 0 Å². The Morgan fingerprint density at radius 3 is 2.79 bits per heavy atom. The van der Waals surface area contributed by atoms with Crippen LogP contribution in [0.15, 0.2) is 30.5 Å². The first kappa shape index (κ1) is 13.6. The van der Waals surface area contributed by atoms with Crippen molar-refractivity contribution in [2.75, 3.05) is 6.54 Å². The van der Waals surface area contributed by atoms with E-state index in [1.54, 1.807) is 6.20 Å². The van der Waals surface area contributed by atoms with E-state index in [0.717, 1.165) is 22.9 Å². The summed E-state index contributed by atoms with van der Waals surface area (Å²) in [5.41, 5.74) is 1.77. The molecule has 3 N–H and O–H groups in total. The minimum absolute atomic E-state index is 0.560. The maximum atomic E-state index is 11.4.